The number of amides is 1. The third-order valence-electron chi connectivity index (χ3n) is 4.69. The molecule has 2 rings (SSSR count). The van der Waals surface area contributed by atoms with Gasteiger partial charge < -0.3 is 15.3 Å². The van der Waals surface area contributed by atoms with E-state index >= 15 is 0 Å². The molecule has 0 aromatic carbocycles. The summed E-state index contributed by atoms with van der Waals surface area (Å²) in [5.74, 6) is 0.528. The Morgan fingerprint density at radius 1 is 1.20 bits per heavy atom. The molecule has 0 radical (unpaired) electrons. The van der Waals surface area contributed by atoms with Crippen LogP contribution in [0.4, 0.5) is 0 Å². The Hall–Kier alpha value is -0.650. The van der Waals surface area contributed by atoms with Crippen LogP contribution in [-0.4, -0.2) is 72.7 Å². The van der Waals surface area contributed by atoms with Crippen LogP contribution >= 0.6 is 0 Å². The molecule has 0 aromatic rings. The first kappa shape index (κ1) is 15.7. The summed E-state index contributed by atoms with van der Waals surface area (Å²) < 4.78 is 0. The van der Waals surface area contributed by atoms with E-state index in [1.807, 2.05) is 0 Å². The van der Waals surface area contributed by atoms with E-state index in [2.05, 4.69) is 22.0 Å². The minimum absolute atomic E-state index is 0.151. The van der Waals surface area contributed by atoms with Gasteiger partial charge in [0.25, 0.3) is 0 Å². The largest absolute Gasteiger partial charge is 0.396 e. The summed E-state index contributed by atoms with van der Waals surface area (Å²) in [6, 6.07) is 0.269. The zero-order valence-corrected chi connectivity index (χ0v) is 12.7. The second-order valence-electron chi connectivity index (χ2n) is 6.19. The number of carbonyl (C=O) groups excluding carboxylic acids is 1. The topological polar surface area (TPSA) is 55.8 Å². The number of nitrogens with one attached hydrogen (secondary N) is 1. The normalized spacial score (nSPS) is 29.3. The van der Waals surface area contributed by atoms with Crippen LogP contribution in [-0.2, 0) is 4.79 Å². The van der Waals surface area contributed by atoms with Crippen LogP contribution in [0.25, 0.3) is 0 Å². The van der Waals surface area contributed by atoms with Crippen molar-refractivity contribution in [2.45, 2.75) is 38.6 Å². The van der Waals surface area contributed by atoms with E-state index in [-0.39, 0.29) is 18.6 Å². The SMILES string of the molecule is CCN1CCN(CC(=O)N[C@H]2CCC[C@@H](CO)C2)CC1. The van der Waals surface area contributed by atoms with Gasteiger partial charge in [-0.1, -0.05) is 13.3 Å². The molecule has 1 heterocycles. The highest BCUT2D eigenvalue weighted by atomic mass is 16.3. The lowest BCUT2D eigenvalue weighted by molar-refractivity contribution is -0.123. The Kier molecular flexibility index (Phi) is 6.26. The molecule has 5 nitrogen and oxygen atoms in total. The van der Waals surface area contributed by atoms with E-state index in [0.29, 0.717) is 12.5 Å². The van der Waals surface area contributed by atoms with Crippen molar-refractivity contribution in [3.8, 4) is 0 Å². The van der Waals surface area contributed by atoms with Gasteiger partial charge in [0.15, 0.2) is 0 Å². The zero-order valence-electron chi connectivity index (χ0n) is 12.7. The predicted octanol–water partition coefficient (Wildman–Crippen LogP) is 0.291. The number of nitrogens with zero attached hydrogens (tertiary/aromatic N) is 2. The van der Waals surface area contributed by atoms with Gasteiger partial charge in [-0.2, -0.15) is 0 Å². The van der Waals surface area contributed by atoms with Gasteiger partial charge in [-0.25, -0.2) is 0 Å². The fourth-order valence-electron chi connectivity index (χ4n) is 3.33. The molecular weight excluding hydrogens is 254 g/mol. The lowest BCUT2D eigenvalue weighted by Gasteiger charge is -2.34. The van der Waals surface area contributed by atoms with E-state index in [4.69, 9.17) is 0 Å². The maximum atomic E-state index is 12.1. The van der Waals surface area contributed by atoms with E-state index in [0.717, 1.165) is 58.4 Å². The third-order valence-corrected chi connectivity index (χ3v) is 4.69. The lowest BCUT2D eigenvalue weighted by atomic mass is 9.86. The Bertz CT molecular complexity index is 303. The van der Waals surface area contributed by atoms with Crippen LogP contribution in [0.1, 0.15) is 32.6 Å². The van der Waals surface area contributed by atoms with Crippen molar-refractivity contribution in [2.75, 3.05) is 45.9 Å². The van der Waals surface area contributed by atoms with Crippen molar-refractivity contribution in [1.82, 2.24) is 15.1 Å². The van der Waals surface area contributed by atoms with Gasteiger partial charge in [0.2, 0.25) is 5.91 Å². The number of rotatable bonds is 5. The molecule has 1 saturated carbocycles. The molecule has 1 aliphatic carbocycles. The first-order chi connectivity index (χ1) is 9.71. The molecule has 2 fully saturated rings. The van der Waals surface area contributed by atoms with E-state index < -0.39 is 0 Å². The van der Waals surface area contributed by atoms with Gasteiger partial charge >= 0.3 is 0 Å². The minimum atomic E-state index is 0.151. The van der Waals surface area contributed by atoms with E-state index in [1.54, 1.807) is 0 Å². The molecule has 2 atom stereocenters. The summed E-state index contributed by atoms with van der Waals surface area (Å²) in [5.41, 5.74) is 0. The van der Waals surface area contributed by atoms with Gasteiger partial charge in [0.1, 0.15) is 0 Å². The first-order valence-electron chi connectivity index (χ1n) is 8.06. The standard InChI is InChI=1S/C15H29N3O2/c1-2-17-6-8-18(9-7-17)11-15(20)16-14-5-3-4-13(10-14)12-19/h13-14,19H,2-12H2,1H3,(H,16,20)/t13-,14+/m1/s1. The number of aliphatic hydroxyl groups is 1. The monoisotopic (exact) mass is 283 g/mol. The van der Waals surface area contributed by atoms with Crippen molar-refractivity contribution in [3.63, 3.8) is 0 Å². The average molecular weight is 283 g/mol. The third kappa shape index (κ3) is 4.72. The molecule has 5 heteroatoms. The number of likely N-dealkylation sites (N-methyl/N-ethyl adjacent to an activating group) is 1. The molecule has 1 aliphatic heterocycles. The molecule has 116 valence electrons. The van der Waals surface area contributed by atoms with Crippen molar-refractivity contribution < 1.29 is 9.90 Å². The smallest absolute Gasteiger partial charge is 0.234 e. The van der Waals surface area contributed by atoms with Crippen molar-refractivity contribution in [3.05, 3.63) is 0 Å². The average Bonchev–Trinajstić information content (AvgIpc) is 2.48. The second-order valence-corrected chi connectivity index (χ2v) is 6.19. The number of hydrogen-bond donors (Lipinski definition) is 2. The Morgan fingerprint density at radius 3 is 2.55 bits per heavy atom. The summed E-state index contributed by atoms with van der Waals surface area (Å²) in [7, 11) is 0. The Balaban J connectivity index is 1.67. The number of carbonyl (C=O) groups is 1. The molecule has 2 aliphatic rings. The predicted molar refractivity (Wildman–Crippen MR) is 79.5 cm³/mol. The van der Waals surface area contributed by atoms with E-state index in [1.165, 1.54) is 0 Å². The molecule has 1 saturated heterocycles. The van der Waals surface area contributed by atoms with Crippen LogP contribution in [0, 0.1) is 5.92 Å². The first-order valence-corrected chi connectivity index (χ1v) is 8.06. The van der Waals surface area contributed by atoms with E-state index in [9.17, 15) is 9.90 Å². The Morgan fingerprint density at radius 2 is 1.90 bits per heavy atom. The molecule has 0 aromatic heterocycles. The molecule has 2 N–H and O–H groups in total. The fraction of sp³-hybridized carbons (Fsp3) is 0.933. The molecule has 20 heavy (non-hydrogen) atoms. The summed E-state index contributed by atoms with van der Waals surface area (Å²) >= 11 is 0. The van der Waals surface area contributed by atoms with Gasteiger partial charge in [-0.3, -0.25) is 9.69 Å². The molecule has 0 spiro atoms. The van der Waals surface area contributed by atoms with Crippen molar-refractivity contribution in [2.24, 2.45) is 5.92 Å². The van der Waals surface area contributed by atoms with Crippen LogP contribution in [0.5, 0.6) is 0 Å². The van der Waals surface area contributed by atoms with Crippen molar-refractivity contribution in [1.29, 1.82) is 0 Å². The number of hydrogen-bond acceptors (Lipinski definition) is 4. The van der Waals surface area contributed by atoms with Crippen LogP contribution in [0.2, 0.25) is 0 Å². The summed E-state index contributed by atoms with van der Waals surface area (Å²) in [6.07, 6.45) is 4.21. The van der Waals surface area contributed by atoms with Gasteiger partial charge in [0.05, 0.1) is 6.54 Å². The van der Waals surface area contributed by atoms with Gasteiger partial charge in [-0.15, -0.1) is 0 Å². The number of piperazine rings is 1. The zero-order chi connectivity index (χ0) is 14.4. The summed E-state index contributed by atoms with van der Waals surface area (Å²) in [4.78, 5) is 16.8. The highest BCUT2D eigenvalue weighted by molar-refractivity contribution is 5.78. The quantitative estimate of drug-likeness (QED) is 0.761. The maximum Gasteiger partial charge on any atom is 0.234 e. The lowest BCUT2D eigenvalue weighted by Crippen LogP contribution is -2.50. The molecule has 0 unspecified atom stereocenters. The van der Waals surface area contributed by atoms with Crippen LogP contribution < -0.4 is 5.32 Å². The van der Waals surface area contributed by atoms with Crippen LogP contribution in [0.3, 0.4) is 0 Å². The Labute approximate surface area is 122 Å². The summed E-state index contributed by atoms with van der Waals surface area (Å²) in [5, 5.41) is 12.4. The molecule has 0 bridgehead atoms. The summed E-state index contributed by atoms with van der Waals surface area (Å²) in [6.45, 7) is 8.19. The highest BCUT2D eigenvalue weighted by Crippen LogP contribution is 2.23. The second kappa shape index (κ2) is 7.96. The molecule has 1 amide bonds. The molecular formula is C15H29N3O2. The maximum absolute atomic E-state index is 12.1. The minimum Gasteiger partial charge on any atom is -0.396 e. The van der Waals surface area contributed by atoms with Gasteiger partial charge in [0, 0.05) is 38.8 Å². The fourth-order valence-corrected chi connectivity index (χ4v) is 3.33. The number of aliphatic hydroxyl groups excluding tert-OH is 1. The highest BCUT2D eigenvalue weighted by Gasteiger charge is 2.24. The van der Waals surface area contributed by atoms with Crippen molar-refractivity contribution >= 4 is 5.91 Å². The van der Waals surface area contributed by atoms with Crippen LogP contribution in [0.15, 0.2) is 0 Å². The van der Waals surface area contributed by atoms with Gasteiger partial charge in [-0.05, 0) is 31.7 Å².